The Morgan fingerprint density at radius 1 is 1.12 bits per heavy atom. The minimum atomic E-state index is -0.296. The second kappa shape index (κ2) is 8.92. The zero-order valence-corrected chi connectivity index (χ0v) is 19.6. The van der Waals surface area contributed by atoms with Crippen molar-refractivity contribution in [2.24, 2.45) is 13.0 Å². The molecule has 4 atom stereocenters. The van der Waals surface area contributed by atoms with E-state index in [1.54, 1.807) is 23.8 Å². The Morgan fingerprint density at radius 2 is 1.97 bits per heavy atom. The van der Waals surface area contributed by atoms with Crippen LogP contribution >= 0.6 is 0 Å². The van der Waals surface area contributed by atoms with Gasteiger partial charge in [-0.1, -0.05) is 6.07 Å². The maximum absolute atomic E-state index is 13.0. The van der Waals surface area contributed by atoms with E-state index in [0.717, 1.165) is 22.6 Å². The molecule has 4 unspecified atom stereocenters. The summed E-state index contributed by atoms with van der Waals surface area (Å²) >= 11 is 0. The summed E-state index contributed by atoms with van der Waals surface area (Å²) < 4.78 is 7.56. The first-order valence-corrected chi connectivity index (χ1v) is 11.2. The van der Waals surface area contributed by atoms with E-state index in [2.05, 4.69) is 36.7 Å². The first-order chi connectivity index (χ1) is 16.4. The van der Waals surface area contributed by atoms with Crippen LogP contribution in [0.3, 0.4) is 0 Å². The molecule has 3 aromatic rings. The lowest BCUT2D eigenvalue weighted by Gasteiger charge is -2.39. The van der Waals surface area contributed by atoms with Crippen molar-refractivity contribution in [1.29, 1.82) is 0 Å². The van der Waals surface area contributed by atoms with Crippen molar-refractivity contribution >= 4 is 17.4 Å². The molecule has 5 rings (SSSR count). The maximum atomic E-state index is 13.0. The van der Waals surface area contributed by atoms with Gasteiger partial charge in [0.2, 0.25) is 5.91 Å². The lowest BCUT2D eigenvalue weighted by atomic mass is 9.88. The second-order valence-corrected chi connectivity index (χ2v) is 8.70. The van der Waals surface area contributed by atoms with Gasteiger partial charge in [0.25, 0.3) is 0 Å². The molecular weight excluding hydrogens is 434 g/mol. The van der Waals surface area contributed by atoms with Crippen LogP contribution in [0.15, 0.2) is 42.6 Å². The predicted octanol–water partition coefficient (Wildman–Crippen LogP) is 1.33. The van der Waals surface area contributed by atoms with Crippen molar-refractivity contribution < 1.29 is 9.53 Å². The zero-order chi connectivity index (χ0) is 23.8. The third-order valence-corrected chi connectivity index (χ3v) is 6.28. The van der Waals surface area contributed by atoms with Gasteiger partial charge in [-0.3, -0.25) is 19.8 Å². The molecule has 2 aliphatic heterocycles. The molecule has 4 N–H and O–H groups in total. The number of amides is 1. The van der Waals surface area contributed by atoms with Crippen molar-refractivity contribution in [1.82, 2.24) is 35.7 Å². The number of carbonyl (C=O) groups excluding carboxylic acids is 1. The largest absolute Gasteiger partial charge is 0.494 e. The highest BCUT2D eigenvalue weighted by Crippen LogP contribution is 2.38. The minimum absolute atomic E-state index is 0.0309. The van der Waals surface area contributed by atoms with Crippen LogP contribution in [-0.4, -0.2) is 63.4 Å². The van der Waals surface area contributed by atoms with E-state index in [4.69, 9.17) is 4.74 Å². The maximum Gasteiger partial charge on any atom is 0.244 e. The molecule has 2 aliphatic rings. The van der Waals surface area contributed by atoms with E-state index < -0.39 is 0 Å². The van der Waals surface area contributed by atoms with Crippen molar-refractivity contribution in [3.8, 4) is 17.0 Å². The third kappa shape index (κ3) is 4.15. The van der Waals surface area contributed by atoms with E-state index in [-0.39, 0.29) is 30.2 Å². The first kappa shape index (κ1) is 22.1. The average molecular weight is 464 g/mol. The summed E-state index contributed by atoms with van der Waals surface area (Å²) in [5, 5.41) is 24.9. The summed E-state index contributed by atoms with van der Waals surface area (Å²) in [6.07, 6.45) is 2.17. The summed E-state index contributed by atoms with van der Waals surface area (Å²) in [4.78, 5) is 13.0. The van der Waals surface area contributed by atoms with Crippen LogP contribution in [0, 0.1) is 12.8 Å². The second-order valence-electron chi connectivity index (χ2n) is 8.70. The van der Waals surface area contributed by atoms with Crippen molar-refractivity contribution in [2.45, 2.75) is 31.7 Å². The van der Waals surface area contributed by atoms with Crippen LogP contribution in [-0.2, 0) is 11.8 Å². The number of carbonyl (C=O) groups is 1. The molecule has 0 bridgehead atoms. The number of fused-ring (bicyclic) bond motifs is 1. The Morgan fingerprint density at radius 3 is 2.68 bits per heavy atom. The SMILES string of the molecule is COc1c(NC2CC(Nc3ccc(C)nn3)NC3NN(C)C(=O)C23)cccc1-c1ccn(C)n1. The molecule has 34 heavy (non-hydrogen) atoms. The van der Waals surface area contributed by atoms with Crippen LogP contribution in [0.5, 0.6) is 5.75 Å². The number of hydrogen-bond donors (Lipinski definition) is 4. The third-order valence-electron chi connectivity index (χ3n) is 6.28. The van der Waals surface area contributed by atoms with Crippen molar-refractivity contribution in [3.63, 3.8) is 0 Å². The van der Waals surface area contributed by atoms with Crippen LogP contribution in [0.2, 0.25) is 0 Å². The fraction of sp³-hybridized carbons (Fsp3) is 0.391. The van der Waals surface area contributed by atoms with Gasteiger partial charge >= 0.3 is 0 Å². The first-order valence-electron chi connectivity index (χ1n) is 11.2. The quantitative estimate of drug-likeness (QED) is 0.429. The van der Waals surface area contributed by atoms with Crippen molar-refractivity contribution in [3.05, 3.63) is 48.3 Å². The van der Waals surface area contributed by atoms with Gasteiger partial charge < -0.3 is 15.4 Å². The number of ether oxygens (including phenoxy) is 1. The molecule has 2 aromatic heterocycles. The summed E-state index contributed by atoms with van der Waals surface area (Å²) in [7, 11) is 5.28. The summed E-state index contributed by atoms with van der Waals surface area (Å²) in [6, 6.07) is 11.5. The lowest BCUT2D eigenvalue weighted by Crippen LogP contribution is -2.60. The van der Waals surface area contributed by atoms with Gasteiger partial charge in [0.15, 0.2) is 5.75 Å². The number of aromatic nitrogens is 4. The normalized spacial score (nSPS) is 24.1. The van der Waals surface area contributed by atoms with E-state index in [0.29, 0.717) is 18.0 Å². The molecule has 1 aromatic carbocycles. The van der Waals surface area contributed by atoms with Gasteiger partial charge in [-0.15, -0.1) is 5.10 Å². The summed E-state index contributed by atoms with van der Waals surface area (Å²) in [5.41, 5.74) is 6.60. The fourth-order valence-corrected chi connectivity index (χ4v) is 4.68. The average Bonchev–Trinajstić information content (AvgIpc) is 3.38. The molecule has 11 nitrogen and oxygen atoms in total. The predicted molar refractivity (Wildman–Crippen MR) is 128 cm³/mol. The number of hydrazine groups is 1. The molecular formula is C23H29N9O2. The fourth-order valence-electron chi connectivity index (χ4n) is 4.68. The minimum Gasteiger partial charge on any atom is -0.494 e. The molecule has 1 amide bonds. The standard InChI is InChI=1S/C23H29N9O2/c1-13-8-9-18(28-27-13)25-19-12-17(20-22(26-19)30-32(3)23(20)33)24-16-7-5-6-14(21(16)34-4)15-10-11-31(2)29-15/h5-11,17,19-20,22,24,26,30H,12H2,1-4H3,(H,25,28). The van der Waals surface area contributed by atoms with Crippen molar-refractivity contribution in [2.75, 3.05) is 24.8 Å². The van der Waals surface area contributed by atoms with E-state index in [9.17, 15) is 4.79 Å². The number of nitrogens with zero attached hydrogens (tertiary/aromatic N) is 5. The number of nitrogens with one attached hydrogen (secondary N) is 4. The number of hydrogen-bond acceptors (Lipinski definition) is 9. The van der Waals surface area contributed by atoms with E-state index in [1.807, 2.05) is 56.6 Å². The van der Waals surface area contributed by atoms with Gasteiger partial charge in [0.05, 0.1) is 42.4 Å². The molecule has 0 spiro atoms. The molecule has 2 fully saturated rings. The Kier molecular flexibility index (Phi) is 5.80. The highest BCUT2D eigenvalue weighted by atomic mass is 16.5. The van der Waals surface area contributed by atoms with Gasteiger partial charge in [-0.2, -0.15) is 10.2 Å². The Balaban J connectivity index is 1.43. The molecule has 2 saturated heterocycles. The van der Waals surface area contributed by atoms with Gasteiger partial charge in [0, 0.05) is 38.3 Å². The number of anilines is 2. The van der Waals surface area contributed by atoms with Crippen LogP contribution in [0.1, 0.15) is 12.1 Å². The van der Waals surface area contributed by atoms with Crippen LogP contribution in [0.4, 0.5) is 11.5 Å². The molecule has 178 valence electrons. The molecule has 4 heterocycles. The Hall–Kier alpha value is -3.70. The highest BCUT2D eigenvalue weighted by molar-refractivity contribution is 5.83. The monoisotopic (exact) mass is 463 g/mol. The number of methoxy groups -OCH3 is 1. The lowest BCUT2D eigenvalue weighted by molar-refractivity contribution is -0.131. The number of piperidine rings is 1. The number of rotatable bonds is 6. The summed E-state index contributed by atoms with van der Waals surface area (Å²) in [6.45, 7) is 1.90. The van der Waals surface area contributed by atoms with Gasteiger partial charge in [-0.05, 0) is 37.3 Å². The van der Waals surface area contributed by atoms with Crippen LogP contribution < -0.4 is 26.1 Å². The van der Waals surface area contributed by atoms with Gasteiger partial charge in [-0.25, -0.2) is 5.43 Å². The van der Waals surface area contributed by atoms with Gasteiger partial charge in [0.1, 0.15) is 5.82 Å². The van der Waals surface area contributed by atoms with E-state index >= 15 is 0 Å². The molecule has 0 saturated carbocycles. The molecule has 11 heteroatoms. The number of aryl methyl sites for hydroxylation is 2. The zero-order valence-electron chi connectivity index (χ0n) is 19.6. The number of para-hydroxylation sites is 1. The molecule has 0 radical (unpaired) electrons. The topological polar surface area (TPSA) is 121 Å². The highest BCUT2D eigenvalue weighted by Gasteiger charge is 2.48. The smallest absolute Gasteiger partial charge is 0.244 e. The van der Waals surface area contributed by atoms with Crippen LogP contribution in [0.25, 0.3) is 11.3 Å². The molecule has 0 aliphatic carbocycles. The Labute approximate surface area is 197 Å². The van der Waals surface area contributed by atoms with E-state index in [1.165, 1.54) is 0 Å². The number of benzene rings is 1. The summed E-state index contributed by atoms with van der Waals surface area (Å²) in [5.74, 6) is 1.10. The Bertz CT molecular complexity index is 1180.